The van der Waals surface area contributed by atoms with Gasteiger partial charge in [-0.05, 0) is 19.9 Å². The summed E-state index contributed by atoms with van der Waals surface area (Å²) in [6.45, 7) is 4.26. The fraction of sp³-hybridized carbons (Fsp3) is 0.308. The molecular weight excluding hydrogens is 281 g/mol. The molecule has 20 heavy (non-hydrogen) atoms. The van der Waals surface area contributed by atoms with Crippen LogP contribution in [-0.4, -0.2) is 9.78 Å². The standard InChI is InChI=1S/C13H17ClFN5/c1-6-8(7(2)20(3)19-6)5-18-13-10(17)4-9(16)11(14)12(13)15/h4,18H,5,16-17H2,1-3H3. The van der Waals surface area contributed by atoms with Gasteiger partial charge in [-0.2, -0.15) is 5.10 Å². The molecule has 108 valence electrons. The normalized spacial score (nSPS) is 10.8. The Morgan fingerprint density at radius 3 is 2.55 bits per heavy atom. The van der Waals surface area contributed by atoms with E-state index in [2.05, 4.69) is 10.4 Å². The summed E-state index contributed by atoms with van der Waals surface area (Å²) in [6.07, 6.45) is 0. The Hall–Kier alpha value is -1.95. The van der Waals surface area contributed by atoms with Crippen molar-refractivity contribution in [3.05, 3.63) is 33.9 Å². The molecule has 0 saturated heterocycles. The SMILES string of the molecule is Cc1nn(C)c(C)c1CNc1c(N)cc(N)c(Cl)c1F. The summed E-state index contributed by atoms with van der Waals surface area (Å²) in [5.41, 5.74) is 14.7. The van der Waals surface area contributed by atoms with E-state index < -0.39 is 5.82 Å². The monoisotopic (exact) mass is 297 g/mol. The van der Waals surface area contributed by atoms with Crippen molar-refractivity contribution in [3.63, 3.8) is 0 Å². The van der Waals surface area contributed by atoms with Crippen LogP contribution in [0.4, 0.5) is 21.5 Å². The molecule has 1 heterocycles. The highest BCUT2D eigenvalue weighted by Gasteiger charge is 2.15. The number of anilines is 3. The zero-order chi connectivity index (χ0) is 15.0. The third kappa shape index (κ3) is 2.38. The van der Waals surface area contributed by atoms with E-state index in [-0.39, 0.29) is 22.1 Å². The van der Waals surface area contributed by atoms with E-state index >= 15 is 0 Å². The molecule has 7 heteroatoms. The smallest absolute Gasteiger partial charge is 0.169 e. The number of rotatable bonds is 3. The van der Waals surface area contributed by atoms with E-state index in [4.69, 9.17) is 23.1 Å². The Kier molecular flexibility index (Phi) is 3.76. The molecule has 0 spiro atoms. The van der Waals surface area contributed by atoms with Crippen molar-refractivity contribution in [2.24, 2.45) is 7.05 Å². The zero-order valence-corrected chi connectivity index (χ0v) is 12.3. The van der Waals surface area contributed by atoms with Gasteiger partial charge in [0.25, 0.3) is 0 Å². The first-order chi connectivity index (χ1) is 9.32. The summed E-state index contributed by atoms with van der Waals surface area (Å²) in [4.78, 5) is 0. The van der Waals surface area contributed by atoms with Crippen LogP contribution in [0.25, 0.3) is 0 Å². The Bertz CT molecular complexity index is 666. The summed E-state index contributed by atoms with van der Waals surface area (Å²) in [7, 11) is 1.86. The van der Waals surface area contributed by atoms with Crippen LogP contribution in [0.5, 0.6) is 0 Å². The topological polar surface area (TPSA) is 81.9 Å². The van der Waals surface area contributed by atoms with Gasteiger partial charge in [-0.3, -0.25) is 4.68 Å². The second kappa shape index (κ2) is 5.20. The Balaban J connectivity index is 2.30. The van der Waals surface area contributed by atoms with Crippen molar-refractivity contribution in [3.8, 4) is 0 Å². The minimum Gasteiger partial charge on any atom is -0.397 e. The van der Waals surface area contributed by atoms with Crippen LogP contribution in [0, 0.1) is 19.7 Å². The number of hydrogen-bond acceptors (Lipinski definition) is 4. The van der Waals surface area contributed by atoms with Crippen LogP contribution in [0.3, 0.4) is 0 Å². The highest BCUT2D eigenvalue weighted by Crippen LogP contribution is 2.34. The minimum absolute atomic E-state index is 0.124. The van der Waals surface area contributed by atoms with Crippen LogP contribution in [0.15, 0.2) is 6.07 Å². The highest BCUT2D eigenvalue weighted by molar-refractivity contribution is 6.33. The zero-order valence-electron chi connectivity index (χ0n) is 11.6. The number of aromatic nitrogens is 2. The molecule has 0 radical (unpaired) electrons. The fourth-order valence-electron chi connectivity index (χ4n) is 2.10. The van der Waals surface area contributed by atoms with Gasteiger partial charge >= 0.3 is 0 Å². The van der Waals surface area contributed by atoms with Crippen LogP contribution in [0.1, 0.15) is 17.0 Å². The van der Waals surface area contributed by atoms with Crippen molar-refractivity contribution in [1.29, 1.82) is 0 Å². The molecule has 1 aromatic heterocycles. The predicted molar refractivity (Wildman–Crippen MR) is 80.2 cm³/mol. The summed E-state index contributed by atoms with van der Waals surface area (Å²) < 4.78 is 15.8. The summed E-state index contributed by atoms with van der Waals surface area (Å²) in [5, 5.41) is 7.15. The molecule has 0 amide bonds. The molecule has 2 rings (SSSR count). The van der Waals surface area contributed by atoms with Gasteiger partial charge < -0.3 is 16.8 Å². The number of nitrogens with zero attached hydrogens (tertiary/aromatic N) is 2. The van der Waals surface area contributed by atoms with E-state index in [1.165, 1.54) is 6.07 Å². The molecule has 0 unspecified atom stereocenters. The predicted octanol–water partition coefficient (Wildman–Crippen LogP) is 2.61. The fourth-order valence-corrected chi connectivity index (χ4v) is 2.25. The van der Waals surface area contributed by atoms with E-state index in [9.17, 15) is 4.39 Å². The molecule has 0 atom stereocenters. The maximum absolute atomic E-state index is 14.1. The highest BCUT2D eigenvalue weighted by atomic mass is 35.5. The lowest BCUT2D eigenvalue weighted by Crippen LogP contribution is -2.08. The van der Waals surface area contributed by atoms with Crippen molar-refractivity contribution in [1.82, 2.24) is 9.78 Å². The first-order valence-electron chi connectivity index (χ1n) is 6.08. The maximum atomic E-state index is 14.1. The molecule has 5 N–H and O–H groups in total. The van der Waals surface area contributed by atoms with Gasteiger partial charge in [0, 0.05) is 24.8 Å². The molecule has 0 bridgehead atoms. The Morgan fingerprint density at radius 2 is 2.00 bits per heavy atom. The number of aryl methyl sites for hydroxylation is 2. The molecule has 2 aromatic rings. The quantitative estimate of drug-likeness (QED) is 0.761. The summed E-state index contributed by atoms with van der Waals surface area (Å²) in [5.74, 6) is -0.636. The first kappa shape index (κ1) is 14.5. The summed E-state index contributed by atoms with van der Waals surface area (Å²) >= 11 is 5.79. The first-order valence-corrected chi connectivity index (χ1v) is 6.46. The van der Waals surface area contributed by atoms with Crippen LogP contribution < -0.4 is 16.8 Å². The van der Waals surface area contributed by atoms with E-state index in [0.29, 0.717) is 6.54 Å². The molecule has 0 saturated carbocycles. The third-order valence-corrected chi connectivity index (χ3v) is 3.75. The van der Waals surface area contributed by atoms with Gasteiger partial charge in [-0.15, -0.1) is 0 Å². The number of halogens is 2. The number of nitrogen functional groups attached to an aromatic ring is 2. The van der Waals surface area contributed by atoms with E-state index in [1.807, 2.05) is 20.9 Å². The van der Waals surface area contributed by atoms with E-state index in [0.717, 1.165) is 17.0 Å². The van der Waals surface area contributed by atoms with Crippen molar-refractivity contribution < 1.29 is 4.39 Å². The molecule has 0 aliphatic rings. The second-order valence-electron chi connectivity index (χ2n) is 4.68. The van der Waals surface area contributed by atoms with Gasteiger partial charge in [0.2, 0.25) is 0 Å². The van der Waals surface area contributed by atoms with Gasteiger partial charge in [-0.25, -0.2) is 4.39 Å². The second-order valence-corrected chi connectivity index (χ2v) is 5.06. The lowest BCUT2D eigenvalue weighted by molar-refractivity contribution is 0.631. The Morgan fingerprint density at radius 1 is 1.35 bits per heavy atom. The molecule has 0 fully saturated rings. The number of nitrogens with one attached hydrogen (secondary N) is 1. The largest absolute Gasteiger partial charge is 0.397 e. The van der Waals surface area contributed by atoms with Crippen LogP contribution in [-0.2, 0) is 13.6 Å². The lowest BCUT2D eigenvalue weighted by atomic mass is 10.1. The number of hydrogen-bond donors (Lipinski definition) is 3. The maximum Gasteiger partial charge on any atom is 0.169 e. The average molecular weight is 298 g/mol. The average Bonchev–Trinajstić information content (AvgIpc) is 2.62. The van der Waals surface area contributed by atoms with Gasteiger partial charge in [-0.1, -0.05) is 11.6 Å². The Labute approximate surface area is 121 Å². The van der Waals surface area contributed by atoms with Crippen molar-refractivity contribution in [2.45, 2.75) is 20.4 Å². The molecule has 5 nitrogen and oxygen atoms in total. The van der Waals surface area contributed by atoms with Gasteiger partial charge in [0.05, 0.1) is 22.8 Å². The van der Waals surface area contributed by atoms with Gasteiger partial charge in [0.15, 0.2) is 5.82 Å². The van der Waals surface area contributed by atoms with Crippen LogP contribution >= 0.6 is 11.6 Å². The molecule has 0 aliphatic heterocycles. The number of nitrogens with two attached hydrogens (primary N) is 2. The third-order valence-electron chi connectivity index (χ3n) is 3.37. The van der Waals surface area contributed by atoms with Crippen LogP contribution in [0.2, 0.25) is 5.02 Å². The van der Waals surface area contributed by atoms with E-state index in [1.54, 1.807) is 4.68 Å². The molecular formula is C13H17ClFN5. The molecule has 0 aliphatic carbocycles. The summed E-state index contributed by atoms with van der Waals surface area (Å²) in [6, 6.07) is 1.44. The number of benzene rings is 1. The molecule has 1 aromatic carbocycles. The minimum atomic E-state index is -0.636. The van der Waals surface area contributed by atoms with Gasteiger partial charge in [0.1, 0.15) is 5.02 Å². The lowest BCUT2D eigenvalue weighted by Gasteiger charge is -2.13. The van der Waals surface area contributed by atoms with Crippen molar-refractivity contribution in [2.75, 3.05) is 16.8 Å². The van der Waals surface area contributed by atoms with Crippen molar-refractivity contribution >= 4 is 28.7 Å².